The Labute approximate surface area is 125 Å². The SMILES string of the molecule is CC(C(=O)N1CCN(C2CCCC2O)CC1)n1cccn1. The monoisotopic (exact) mass is 292 g/mol. The van der Waals surface area contributed by atoms with Gasteiger partial charge in [0, 0.05) is 44.6 Å². The van der Waals surface area contributed by atoms with Crippen molar-refractivity contribution in [1.29, 1.82) is 0 Å². The molecule has 1 amide bonds. The lowest BCUT2D eigenvalue weighted by molar-refractivity contribution is -0.136. The van der Waals surface area contributed by atoms with Gasteiger partial charge in [-0.3, -0.25) is 14.4 Å². The van der Waals surface area contributed by atoms with Crippen LogP contribution in [0.5, 0.6) is 0 Å². The summed E-state index contributed by atoms with van der Waals surface area (Å²) in [4.78, 5) is 16.8. The van der Waals surface area contributed by atoms with E-state index in [-0.39, 0.29) is 18.1 Å². The van der Waals surface area contributed by atoms with Crippen molar-refractivity contribution in [2.24, 2.45) is 0 Å². The molecule has 3 rings (SSSR count). The lowest BCUT2D eigenvalue weighted by Crippen LogP contribution is -2.54. The Kier molecular flexibility index (Phi) is 4.26. The fraction of sp³-hybridized carbons (Fsp3) is 0.733. The topological polar surface area (TPSA) is 61.6 Å². The third-order valence-electron chi connectivity index (χ3n) is 4.82. The first kappa shape index (κ1) is 14.5. The predicted molar refractivity (Wildman–Crippen MR) is 78.7 cm³/mol. The van der Waals surface area contributed by atoms with Crippen molar-refractivity contribution in [2.75, 3.05) is 26.2 Å². The molecule has 1 saturated heterocycles. The van der Waals surface area contributed by atoms with Gasteiger partial charge in [-0.05, 0) is 32.3 Å². The van der Waals surface area contributed by atoms with Gasteiger partial charge >= 0.3 is 0 Å². The first-order chi connectivity index (χ1) is 10.2. The predicted octanol–water partition coefficient (Wildman–Crippen LogP) is 0.502. The molecule has 116 valence electrons. The number of rotatable bonds is 3. The Morgan fingerprint density at radius 3 is 2.62 bits per heavy atom. The Morgan fingerprint density at radius 1 is 1.29 bits per heavy atom. The van der Waals surface area contributed by atoms with E-state index in [2.05, 4.69) is 10.00 Å². The van der Waals surface area contributed by atoms with Crippen molar-refractivity contribution >= 4 is 5.91 Å². The van der Waals surface area contributed by atoms with Crippen molar-refractivity contribution in [3.05, 3.63) is 18.5 Å². The molecule has 2 heterocycles. The number of amides is 1. The van der Waals surface area contributed by atoms with Crippen LogP contribution in [-0.4, -0.2) is 68.9 Å². The zero-order valence-electron chi connectivity index (χ0n) is 12.6. The van der Waals surface area contributed by atoms with Crippen LogP contribution in [0.3, 0.4) is 0 Å². The maximum absolute atomic E-state index is 12.5. The summed E-state index contributed by atoms with van der Waals surface area (Å²) in [7, 11) is 0. The quantitative estimate of drug-likeness (QED) is 0.881. The smallest absolute Gasteiger partial charge is 0.247 e. The minimum Gasteiger partial charge on any atom is -0.391 e. The van der Waals surface area contributed by atoms with E-state index in [9.17, 15) is 9.90 Å². The van der Waals surface area contributed by atoms with Gasteiger partial charge in [0.05, 0.1) is 6.10 Å². The van der Waals surface area contributed by atoms with Crippen LogP contribution in [0, 0.1) is 0 Å². The van der Waals surface area contributed by atoms with Crippen LogP contribution in [0.1, 0.15) is 32.2 Å². The molecule has 3 atom stereocenters. The molecule has 2 aliphatic rings. The molecule has 1 aromatic heterocycles. The maximum Gasteiger partial charge on any atom is 0.247 e. The van der Waals surface area contributed by atoms with Crippen molar-refractivity contribution in [1.82, 2.24) is 19.6 Å². The van der Waals surface area contributed by atoms with E-state index in [4.69, 9.17) is 0 Å². The van der Waals surface area contributed by atoms with Crippen LogP contribution < -0.4 is 0 Å². The third-order valence-corrected chi connectivity index (χ3v) is 4.82. The Bertz CT molecular complexity index is 468. The molecule has 1 saturated carbocycles. The lowest BCUT2D eigenvalue weighted by atomic mass is 10.1. The highest BCUT2D eigenvalue weighted by molar-refractivity contribution is 5.80. The highest BCUT2D eigenvalue weighted by Gasteiger charge is 2.34. The first-order valence-corrected chi connectivity index (χ1v) is 7.87. The second kappa shape index (κ2) is 6.15. The summed E-state index contributed by atoms with van der Waals surface area (Å²) < 4.78 is 1.70. The zero-order chi connectivity index (χ0) is 14.8. The van der Waals surface area contributed by atoms with Crippen molar-refractivity contribution in [3.8, 4) is 0 Å². The Hall–Kier alpha value is -1.40. The number of aliphatic hydroxyl groups is 1. The molecule has 3 unspecified atom stereocenters. The summed E-state index contributed by atoms with van der Waals surface area (Å²) in [5, 5.41) is 14.1. The van der Waals surface area contributed by atoms with Gasteiger partial charge in [-0.1, -0.05) is 0 Å². The fourth-order valence-corrected chi connectivity index (χ4v) is 3.51. The normalized spacial score (nSPS) is 28.8. The van der Waals surface area contributed by atoms with Crippen LogP contribution in [-0.2, 0) is 4.79 Å². The van der Waals surface area contributed by atoms with E-state index in [0.717, 1.165) is 45.4 Å². The van der Waals surface area contributed by atoms with Crippen LogP contribution in [0.25, 0.3) is 0 Å². The van der Waals surface area contributed by atoms with Gasteiger partial charge in [0.25, 0.3) is 0 Å². The average molecular weight is 292 g/mol. The molecule has 1 aliphatic carbocycles. The summed E-state index contributed by atoms with van der Waals surface area (Å²) >= 11 is 0. The molecule has 0 spiro atoms. The van der Waals surface area contributed by atoms with E-state index in [0.29, 0.717) is 6.04 Å². The minimum atomic E-state index is -0.247. The van der Waals surface area contributed by atoms with Crippen LogP contribution in [0.15, 0.2) is 18.5 Å². The second-order valence-electron chi connectivity index (χ2n) is 6.09. The van der Waals surface area contributed by atoms with Gasteiger partial charge in [0.15, 0.2) is 0 Å². The number of nitrogens with zero attached hydrogens (tertiary/aromatic N) is 4. The van der Waals surface area contributed by atoms with E-state index < -0.39 is 0 Å². The number of aromatic nitrogens is 2. The van der Waals surface area contributed by atoms with Gasteiger partial charge in [0.2, 0.25) is 5.91 Å². The molecule has 1 aliphatic heterocycles. The Morgan fingerprint density at radius 2 is 2.05 bits per heavy atom. The van der Waals surface area contributed by atoms with Crippen LogP contribution in [0.2, 0.25) is 0 Å². The van der Waals surface area contributed by atoms with E-state index in [1.807, 2.05) is 24.1 Å². The summed E-state index contributed by atoms with van der Waals surface area (Å²) in [6.45, 7) is 5.10. The second-order valence-corrected chi connectivity index (χ2v) is 6.09. The van der Waals surface area contributed by atoms with E-state index >= 15 is 0 Å². The molecule has 1 N–H and O–H groups in total. The molecule has 0 radical (unpaired) electrons. The largest absolute Gasteiger partial charge is 0.391 e. The zero-order valence-corrected chi connectivity index (χ0v) is 12.6. The van der Waals surface area contributed by atoms with Crippen molar-refractivity contribution in [3.63, 3.8) is 0 Å². The number of carbonyl (C=O) groups excluding carboxylic acids is 1. The fourth-order valence-electron chi connectivity index (χ4n) is 3.51. The minimum absolute atomic E-state index is 0.130. The first-order valence-electron chi connectivity index (χ1n) is 7.87. The average Bonchev–Trinajstić information content (AvgIpc) is 3.17. The molecule has 0 aromatic carbocycles. The van der Waals surface area contributed by atoms with E-state index in [1.54, 1.807) is 10.9 Å². The number of carbonyl (C=O) groups is 1. The van der Waals surface area contributed by atoms with Gasteiger partial charge in [0.1, 0.15) is 6.04 Å². The summed E-state index contributed by atoms with van der Waals surface area (Å²) in [5.41, 5.74) is 0. The van der Waals surface area contributed by atoms with Gasteiger partial charge < -0.3 is 10.0 Å². The molecule has 0 bridgehead atoms. The number of aliphatic hydroxyl groups excluding tert-OH is 1. The molecular formula is C15H24N4O2. The number of piperazine rings is 1. The summed E-state index contributed by atoms with van der Waals surface area (Å²) in [6, 6.07) is 1.89. The van der Waals surface area contributed by atoms with Crippen molar-refractivity contribution < 1.29 is 9.90 Å². The van der Waals surface area contributed by atoms with E-state index in [1.165, 1.54) is 0 Å². The highest BCUT2D eigenvalue weighted by atomic mass is 16.3. The number of hydrogen-bond acceptors (Lipinski definition) is 4. The molecule has 6 heteroatoms. The molecule has 21 heavy (non-hydrogen) atoms. The third kappa shape index (κ3) is 2.96. The highest BCUT2D eigenvalue weighted by Crippen LogP contribution is 2.25. The summed E-state index contributed by atoms with van der Waals surface area (Å²) in [5.74, 6) is 0.130. The number of hydrogen-bond donors (Lipinski definition) is 1. The van der Waals surface area contributed by atoms with Crippen LogP contribution >= 0.6 is 0 Å². The molecule has 6 nitrogen and oxygen atoms in total. The van der Waals surface area contributed by atoms with Crippen molar-refractivity contribution in [2.45, 2.75) is 44.4 Å². The molecule has 2 fully saturated rings. The van der Waals surface area contributed by atoms with Gasteiger partial charge in [-0.2, -0.15) is 5.10 Å². The van der Waals surface area contributed by atoms with Gasteiger partial charge in [-0.15, -0.1) is 0 Å². The van der Waals surface area contributed by atoms with Gasteiger partial charge in [-0.25, -0.2) is 0 Å². The lowest BCUT2D eigenvalue weighted by Gasteiger charge is -2.39. The molecule has 1 aromatic rings. The Balaban J connectivity index is 1.54. The van der Waals surface area contributed by atoms with Crippen LogP contribution in [0.4, 0.5) is 0 Å². The molecular weight excluding hydrogens is 268 g/mol. The standard InChI is InChI=1S/C15H24N4O2/c1-12(19-7-3-6-16-19)15(21)18-10-8-17(9-11-18)13-4-2-5-14(13)20/h3,6-7,12-14,20H,2,4-5,8-11H2,1H3. The maximum atomic E-state index is 12.5. The summed E-state index contributed by atoms with van der Waals surface area (Å²) in [6.07, 6.45) is 6.45.